The number of aliphatic hydroxyl groups excluding tert-OH is 1. The first-order valence-corrected chi connectivity index (χ1v) is 5.28. The van der Waals surface area contributed by atoms with Crippen LogP contribution in [-0.4, -0.2) is 32.0 Å². The normalized spacial score (nSPS) is 12.8. The van der Waals surface area contributed by atoms with Gasteiger partial charge in [-0.1, -0.05) is 12.1 Å². The molecule has 16 heavy (non-hydrogen) atoms. The quantitative estimate of drug-likeness (QED) is 0.722. The van der Waals surface area contributed by atoms with Crippen LogP contribution in [0.2, 0.25) is 0 Å². The zero-order valence-electron chi connectivity index (χ0n) is 9.66. The van der Waals surface area contributed by atoms with E-state index >= 15 is 0 Å². The summed E-state index contributed by atoms with van der Waals surface area (Å²) in [5, 5.41) is 12.4. The molecule has 2 N–H and O–H groups in total. The van der Waals surface area contributed by atoms with Crippen LogP contribution < -0.4 is 5.32 Å². The molecule has 1 unspecified atom stereocenters. The van der Waals surface area contributed by atoms with E-state index in [1.165, 1.54) is 6.07 Å². The molecule has 4 heteroatoms. The molecule has 0 saturated heterocycles. The molecule has 1 aromatic carbocycles. The summed E-state index contributed by atoms with van der Waals surface area (Å²) in [6, 6.07) is 4.68. The highest BCUT2D eigenvalue weighted by molar-refractivity contribution is 5.26. The van der Waals surface area contributed by atoms with Crippen molar-refractivity contribution in [2.75, 3.05) is 26.9 Å². The van der Waals surface area contributed by atoms with E-state index in [4.69, 9.17) is 4.74 Å². The van der Waals surface area contributed by atoms with Crippen LogP contribution in [0.3, 0.4) is 0 Å². The number of rotatable bonds is 6. The zero-order valence-corrected chi connectivity index (χ0v) is 9.66. The smallest absolute Gasteiger partial charge is 0.126 e. The summed E-state index contributed by atoms with van der Waals surface area (Å²) >= 11 is 0. The largest absolute Gasteiger partial charge is 0.394 e. The van der Waals surface area contributed by atoms with Crippen LogP contribution >= 0.6 is 0 Å². The molecular weight excluding hydrogens is 209 g/mol. The van der Waals surface area contributed by atoms with Crippen LogP contribution in [0.5, 0.6) is 0 Å². The molecule has 90 valence electrons. The summed E-state index contributed by atoms with van der Waals surface area (Å²) in [6.07, 6.45) is 0. The Bertz CT molecular complexity index is 331. The zero-order chi connectivity index (χ0) is 12.0. The van der Waals surface area contributed by atoms with E-state index in [0.717, 1.165) is 5.56 Å². The van der Waals surface area contributed by atoms with E-state index in [0.29, 0.717) is 18.7 Å². The maximum absolute atomic E-state index is 13.1. The van der Waals surface area contributed by atoms with Crippen LogP contribution in [0.4, 0.5) is 4.39 Å². The molecule has 0 aliphatic rings. The first kappa shape index (κ1) is 13.1. The molecule has 0 fully saturated rings. The van der Waals surface area contributed by atoms with Gasteiger partial charge in [0.1, 0.15) is 5.82 Å². The van der Waals surface area contributed by atoms with Gasteiger partial charge in [0, 0.05) is 13.7 Å². The van der Waals surface area contributed by atoms with Crippen molar-refractivity contribution in [2.45, 2.75) is 13.0 Å². The molecule has 0 amide bonds. The van der Waals surface area contributed by atoms with Crippen molar-refractivity contribution >= 4 is 0 Å². The lowest BCUT2D eigenvalue weighted by Gasteiger charge is -2.17. The Labute approximate surface area is 95.2 Å². The van der Waals surface area contributed by atoms with Crippen LogP contribution in [0.15, 0.2) is 18.2 Å². The van der Waals surface area contributed by atoms with Crippen LogP contribution in [0, 0.1) is 12.7 Å². The maximum atomic E-state index is 13.1. The minimum absolute atomic E-state index is 0.0191. The van der Waals surface area contributed by atoms with Gasteiger partial charge in [0.2, 0.25) is 0 Å². The number of ether oxygens (including phenoxy) is 1. The Kier molecular flexibility index (Phi) is 5.38. The fourth-order valence-corrected chi connectivity index (χ4v) is 1.51. The van der Waals surface area contributed by atoms with E-state index in [-0.39, 0.29) is 18.5 Å². The lowest BCUT2D eigenvalue weighted by Crippen LogP contribution is -2.27. The molecule has 0 spiro atoms. The molecule has 0 radical (unpaired) electrons. The molecule has 0 aromatic heterocycles. The van der Waals surface area contributed by atoms with E-state index in [1.54, 1.807) is 26.2 Å². The highest BCUT2D eigenvalue weighted by Crippen LogP contribution is 2.16. The lowest BCUT2D eigenvalue weighted by atomic mass is 10.0. The molecule has 0 heterocycles. The van der Waals surface area contributed by atoms with Crippen molar-refractivity contribution in [3.05, 3.63) is 35.1 Å². The monoisotopic (exact) mass is 227 g/mol. The summed E-state index contributed by atoms with van der Waals surface area (Å²) in [6.45, 7) is 2.92. The van der Waals surface area contributed by atoms with Crippen LogP contribution in [-0.2, 0) is 4.74 Å². The van der Waals surface area contributed by atoms with Gasteiger partial charge in [-0.2, -0.15) is 0 Å². The standard InChI is InChI=1S/C12H18FNO2/c1-9-7-10(3-4-11(9)13)12(8-15)14-5-6-16-2/h3-4,7,12,14-15H,5-6,8H2,1-2H3. The predicted octanol–water partition coefficient (Wildman–Crippen LogP) is 1.40. The number of hydrogen-bond donors (Lipinski definition) is 2. The topological polar surface area (TPSA) is 41.5 Å². The van der Waals surface area contributed by atoms with Crippen molar-refractivity contribution in [2.24, 2.45) is 0 Å². The fourth-order valence-electron chi connectivity index (χ4n) is 1.51. The van der Waals surface area contributed by atoms with Gasteiger partial charge in [-0.3, -0.25) is 0 Å². The molecule has 0 saturated carbocycles. The molecule has 0 bridgehead atoms. The molecular formula is C12H18FNO2. The Balaban J connectivity index is 2.67. The van der Waals surface area contributed by atoms with Crippen molar-refractivity contribution in [1.29, 1.82) is 0 Å². The number of aryl methyl sites for hydroxylation is 1. The molecule has 0 aliphatic carbocycles. The fraction of sp³-hybridized carbons (Fsp3) is 0.500. The number of methoxy groups -OCH3 is 1. The minimum atomic E-state index is -0.225. The van der Waals surface area contributed by atoms with Gasteiger partial charge in [-0.25, -0.2) is 4.39 Å². The van der Waals surface area contributed by atoms with E-state index < -0.39 is 0 Å². The molecule has 1 atom stereocenters. The first-order valence-electron chi connectivity index (χ1n) is 5.28. The van der Waals surface area contributed by atoms with E-state index in [1.807, 2.05) is 0 Å². The molecule has 1 rings (SSSR count). The van der Waals surface area contributed by atoms with Gasteiger partial charge >= 0.3 is 0 Å². The van der Waals surface area contributed by atoms with E-state index in [9.17, 15) is 9.50 Å². The second-order valence-corrected chi connectivity index (χ2v) is 3.69. The summed E-state index contributed by atoms with van der Waals surface area (Å²) < 4.78 is 18.0. The van der Waals surface area contributed by atoms with Gasteiger partial charge in [0.05, 0.1) is 19.3 Å². The number of nitrogens with one attached hydrogen (secondary N) is 1. The Morgan fingerprint density at radius 1 is 1.50 bits per heavy atom. The number of halogens is 1. The van der Waals surface area contributed by atoms with Crippen molar-refractivity contribution < 1.29 is 14.2 Å². The highest BCUT2D eigenvalue weighted by Gasteiger charge is 2.10. The maximum Gasteiger partial charge on any atom is 0.126 e. The summed E-state index contributed by atoms with van der Waals surface area (Å²) in [7, 11) is 1.62. The summed E-state index contributed by atoms with van der Waals surface area (Å²) in [4.78, 5) is 0. The minimum Gasteiger partial charge on any atom is -0.394 e. The number of aliphatic hydroxyl groups is 1. The molecule has 1 aromatic rings. The summed E-state index contributed by atoms with van der Waals surface area (Å²) in [5.74, 6) is -0.225. The molecule has 0 aliphatic heterocycles. The average Bonchev–Trinajstić information content (AvgIpc) is 2.29. The third-order valence-electron chi connectivity index (χ3n) is 2.46. The first-order chi connectivity index (χ1) is 7.69. The average molecular weight is 227 g/mol. The summed E-state index contributed by atoms with van der Waals surface area (Å²) in [5.41, 5.74) is 1.47. The van der Waals surface area contributed by atoms with Crippen molar-refractivity contribution in [1.82, 2.24) is 5.32 Å². The van der Waals surface area contributed by atoms with Gasteiger partial charge in [-0.05, 0) is 24.1 Å². The second kappa shape index (κ2) is 6.58. The predicted molar refractivity (Wildman–Crippen MR) is 60.8 cm³/mol. The van der Waals surface area contributed by atoms with Crippen LogP contribution in [0.25, 0.3) is 0 Å². The van der Waals surface area contributed by atoms with Gasteiger partial charge in [0.15, 0.2) is 0 Å². The van der Waals surface area contributed by atoms with Gasteiger partial charge < -0.3 is 15.2 Å². The van der Waals surface area contributed by atoms with Crippen molar-refractivity contribution in [3.8, 4) is 0 Å². The Morgan fingerprint density at radius 3 is 2.81 bits per heavy atom. The molecule has 3 nitrogen and oxygen atoms in total. The lowest BCUT2D eigenvalue weighted by molar-refractivity contribution is 0.184. The van der Waals surface area contributed by atoms with Crippen LogP contribution in [0.1, 0.15) is 17.2 Å². The Hall–Kier alpha value is -0.970. The Morgan fingerprint density at radius 2 is 2.25 bits per heavy atom. The second-order valence-electron chi connectivity index (χ2n) is 3.69. The highest BCUT2D eigenvalue weighted by atomic mass is 19.1. The number of hydrogen-bond acceptors (Lipinski definition) is 3. The third-order valence-corrected chi connectivity index (χ3v) is 2.46. The van der Waals surface area contributed by atoms with Gasteiger partial charge in [0.25, 0.3) is 0 Å². The number of benzene rings is 1. The van der Waals surface area contributed by atoms with Gasteiger partial charge in [-0.15, -0.1) is 0 Å². The SMILES string of the molecule is COCCNC(CO)c1ccc(F)c(C)c1. The third kappa shape index (κ3) is 3.56. The van der Waals surface area contributed by atoms with E-state index in [2.05, 4.69) is 5.32 Å². The van der Waals surface area contributed by atoms with Crippen molar-refractivity contribution in [3.63, 3.8) is 0 Å².